The van der Waals surface area contributed by atoms with Crippen molar-refractivity contribution in [3.05, 3.63) is 36.2 Å². The molecule has 1 amide bonds. The van der Waals surface area contributed by atoms with E-state index in [-0.39, 0.29) is 5.91 Å². The van der Waals surface area contributed by atoms with Crippen LogP contribution in [-0.4, -0.2) is 69.1 Å². The van der Waals surface area contributed by atoms with E-state index in [1.54, 1.807) is 4.68 Å². The van der Waals surface area contributed by atoms with Crippen molar-refractivity contribution in [2.45, 2.75) is 31.7 Å². The van der Waals surface area contributed by atoms with Crippen LogP contribution in [0, 0.1) is 0 Å². The van der Waals surface area contributed by atoms with E-state index in [2.05, 4.69) is 20.4 Å². The van der Waals surface area contributed by atoms with Gasteiger partial charge in [-0.05, 0) is 55.6 Å². The summed E-state index contributed by atoms with van der Waals surface area (Å²) in [4.78, 5) is 17.3. The second-order valence-electron chi connectivity index (χ2n) is 6.54. The fourth-order valence-electron chi connectivity index (χ4n) is 3.20. The molecule has 7 nitrogen and oxygen atoms in total. The molecule has 1 fully saturated rings. The lowest BCUT2D eigenvalue weighted by molar-refractivity contribution is 0.0667. The highest BCUT2D eigenvalue weighted by Gasteiger charge is 2.27. The summed E-state index contributed by atoms with van der Waals surface area (Å²) in [6, 6.07) is 7.86. The minimum atomic E-state index is 0.0960. The van der Waals surface area contributed by atoms with E-state index < -0.39 is 0 Å². The van der Waals surface area contributed by atoms with Gasteiger partial charge >= 0.3 is 0 Å². The standard InChI is InChI=1S/C17H24N6O/c1-21(2)10-11-22(15-7-3-4-8-15)17(24)14-6-5-9-16(12-14)23-13-18-19-20-23/h5-6,9,12-13,15H,3-4,7-8,10-11H2,1-2H3. The summed E-state index contributed by atoms with van der Waals surface area (Å²) in [5, 5.41) is 11.2. The fraction of sp³-hybridized carbons (Fsp3) is 0.529. The molecule has 128 valence electrons. The highest BCUT2D eigenvalue weighted by molar-refractivity contribution is 5.95. The topological polar surface area (TPSA) is 67.2 Å². The highest BCUT2D eigenvalue weighted by atomic mass is 16.2. The molecule has 7 heteroatoms. The smallest absolute Gasteiger partial charge is 0.254 e. The normalized spacial score (nSPS) is 15.1. The molecule has 1 aromatic heterocycles. The van der Waals surface area contributed by atoms with Crippen LogP contribution in [-0.2, 0) is 0 Å². The minimum absolute atomic E-state index is 0.0960. The van der Waals surface area contributed by atoms with Crippen LogP contribution in [0.15, 0.2) is 30.6 Å². The zero-order chi connectivity index (χ0) is 16.9. The van der Waals surface area contributed by atoms with Gasteiger partial charge in [0.25, 0.3) is 5.91 Å². The Morgan fingerprint density at radius 2 is 2.04 bits per heavy atom. The van der Waals surface area contributed by atoms with Gasteiger partial charge in [0, 0.05) is 24.7 Å². The number of carbonyl (C=O) groups excluding carboxylic acids is 1. The van der Waals surface area contributed by atoms with Crippen LogP contribution in [0.25, 0.3) is 5.69 Å². The van der Waals surface area contributed by atoms with Gasteiger partial charge in [-0.15, -0.1) is 5.10 Å². The molecule has 0 spiro atoms. The number of rotatable bonds is 6. The molecule has 0 N–H and O–H groups in total. The second-order valence-corrected chi connectivity index (χ2v) is 6.54. The number of tetrazole rings is 1. The molecular weight excluding hydrogens is 304 g/mol. The first-order valence-corrected chi connectivity index (χ1v) is 8.44. The molecule has 1 aromatic carbocycles. The summed E-state index contributed by atoms with van der Waals surface area (Å²) in [6.07, 6.45) is 6.16. The largest absolute Gasteiger partial charge is 0.334 e. The molecule has 0 unspecified atom stereocenters. The van der Waals surface area contributed by atoms with Crippen LogP contribution >= 0.6 is 0 Å². The number of hydrogen-bond donors (Lipinski definition) is 0. The maximum Gasteiger partial charge on any atom is 0.254 e. The SMILES string of the molecule is CN(C)CCN(C(=O)c1cccc(-n2cnnn2)c1)C1CCCC1. The van der Waals surface area contributed by atoms with Gasteiger partial charge in [0.15, 0.2) is 0 Å². The molecule has 1 saturated carbocycles. The zero-order valence-corrected chi connectivity index (χ0v) is 14.3. The number of aromatic nitrogens is 4. The van der Waals surface area contributed by atoms with Crippen molar-refractivity contribution in [2.24, 2.45) is 0 Å². The van der Waals surface area contributed by atoms with E-state index in [1.807, 2.05) is 43.3 Å². The molecule has 24 heavy (non-hydrogen) atoms. The predicted octanol–water partition coefficient (Wildman–Crippen LogP) is 1.61. The first-order valence-electron chi connectivity index (χ1n) is 8.44. The van der Waals surface area contributed by atoms with Crippen LogP contribution < -0.4 is 0 Å². The Balaban J connectivity index is 1.82. The second kappa shape index (κ2) is 7.53. The lowest BCUT2D eigenvalue weighted by Gasteiger charge is -2.30. The molecule has 2 aromatic rings. The minimum Gasteiger partial charge on any atom is -0.334 e. The predicted molar refractivity (Wildman–Crippen MR) is 91.0 cm³/mol. The lowest BCUT2D eigenvalue weighted by Crippen LogP contribution is -2.42. The Morgan fingerprint density at radius 1 is 1.25 bits per heavy atom. The van der Waals surface area contributed by atoms with Gasteiger partial charge in [0.05, 0.1) is 5.69 Å². The molecular formula is C17H24N6O. The summed E-state index contributed by atoms with van der Waals surface area (Å²) in [5.74, 6) is 0.0960. The van der Waals surface area contributed by atoms with Crippen LogP contribution in [0.4, 0.5) is 0 Å². The highest BCUT2D eigenvalue weighted by Crippen LogP contribution is 2.25. The molecule has 3 rings (SSSR count). The third-order valence-corrected chi connectivity index (χ3v) is 4.52. The molecule has 0 aliphatic heterocycles. The van der Waals surface area contributed by atoms with Crippen molar-refractivity contribution < 1.29 is 4.79 Å². The molecule has 1 aliphatic carbocycles. The molecule has 0 saturated heterocycles. The molecule has 0 atom stereocenters. The van der Waals surface area contributed by atoms with Gasteiger partial charge in [-0.1, -0.05) is 18.9 Å². The van der Waals surface area contributed by atoms with Gasteiger partial charge in [0.1, 0.15) is 6.33 Å². The van der Waals surface area contributed by atoms with Gasteiger partial charge in [-0.25, -0.2) is 4.68 Å². The van der Waals surface area contributed by atoms with E-state index in [0.29, 0.717) is 11.6 Å². The van der Waals surface area contributed by atoms with E-state index >= 15 is 0 Å². The van der Waals surface area contributed by atoms with Crippen molar-refractivity contribution in [3.8, 4) is 5.69 Å². The van der Waals surface area contributed by atoms with E-state index in [9.17, 15) is 4.79 Å². The van der Waals surface area contributed by atoms with E-state index in [0.717, 1.165) is 31.6 Å². The summed E-state index contributed by atoms with van der Waals surface area (Å²) >= 11 is 0. The van der Waals surface area contributed by atoms with Gasteiger partial charge < -0.3 is 9.80 Å². The number of likely N-dealkylation sites (N-methyl/N-ethyl adjacent to an activating group) is 1. The molecule has 1 aliphatic rings. The fourth-order valence-corrected chi connectivity index (χ4v) is 3.20. The molecule has 1 heterocycles. The monoisotopic (exact) mass is 328 g/mol. The Morgan fingerprint density at radius 3 is 2.71 bits per heavy atom. The number of nitrogens with zero attached hydrogens (tertiary/aromatic N) is 6. The third-order valence-electron chi connectivity index (χ3n) is 4.52. The Kier molecular flexibility index (Phi) is 5.20. The average molecular weight is 328 g/mol. The summed E-state index contributed by atoms with van der Waals surface area (Å²) < 4.78 is 1.57. The van der Waals surface area contributed by atoms with Crippen LogP contribution in [0.5, 0.6) is 0 Å². The number of hydrogen-bond acceptors (Lipinski definition) is 5. The first-order chi connectivity index (χ1) is 11.6. The van der Waals surface area contributed by atoms with Crippen molar-refractivity contribution in [2.75, 3.05) is 27.2 Å². The number of amides is 1. The average Bonchev–Trinajstić information content (AvgIpc) is 3.28. The summed E-state index contributed by atoms with van der Waals surface area (Å²) in [6.45, 7) is 1.63. The van der Waals surface area contributed by atoms with Crippen molar-refractivity contribution in [3.63, 3.8) is 0 Å². The maximum absolute atomic E-state index is 13.1. The van der Waals surface area contributed by atoms with Gasteiger partial charge in [0.2, 0.25) is 0 Å². The van der Waals surface area contributed by atoms with Gasteiger partial charge in [-0.2, -0.15) is 0 Å². The van der Waals surface area contributed by atoms with E-state index in [1.165, 1.54) is 19.2 Å². The van der Waals surface area contributed by atoms with Crippen molar-refractivity contribution in [1.29, 1.82) is 0 Å². The third kappa shape index (κ3) is 3.79. The first kappa shape index (κ1) is 16.6. The van der Waals surface area contributed by atoms with Crippen molar-refractivity contribution >= 4 is 5.91 Å². The number of benzene rings is 1. The molecule has 0 bridgehead atoms. The van der Waals surface area contributed by atoms with Crippen molar-refractivity contribution in [1.82, 2.24) is 30.0 Å². The van der Waals surface area contributed by atoms with Crippen LogP contribution in [0.3, 0.4) is 0 Å². The van der Waals surface area contributed by atoms with E-state index in [4.69, 9.17) is 0 Å². The van der Waals surface area contributed by atoms with Crippen LogP contribution in [0.2, 0.25) is 0 Å². The number of carbonyl (C=O) groups is 1. The Hall–Kier alpha value is -2.28. The quantitative estimate of drug-likeness (QED) is 0.806. The maximum atomic E-state index is 13.1. The zero-order valence-electron chi connectivity index (χ0n) is 14.3. The Labute approximate surface area is 142 Å². The van der Waals surface area contributed by atoms with Crippen LogP contribution in [0.1, 0.15) is 36.0 Å². The van der Waals surface area contributed by atoms with Gasteiger partial charge in [-0.3, -0.25) is 4.79 Å². The Bertz CT molecular complexity index is 663. The lowest BCUT2D eigenvalue weighted by atomic mass is 10.1. The summed E-state index contributed by atoms with van der Waals surface area (Å²) in [7, 11) is 4.07. The summed E-state index contributed by atoms with van der Waals surface area (Å²) in [5.41, 5.74) is 1.48. The molecule has 0 radical (unpaired) electrons.